The molecule has 1 heterocycles. The van der Waals surface area contributed by atoms with Crippen molar-refractivity contribution in [3.63, 3.8) is 0 Å². The van der Waals surface area contributed by atoms with Crippen molar-refractivity contribution in [2.75, 3.05) is 13.1 Å². The number of carboxylic acids is 1. The molecule has 1 aliphatic rings. The quantitative estimate of drug-likeness (QED) is 0.532. The zero-order valence-corrected chi connectivity index (χ0v) is 18.3. The van der Waals surface area contributed by atoms with Crippen LogP contribution in [0.1, 0.15) is 29.5 Å². The highest BCUT2D eigenvalue weighted by Crippen LogP contribution is 2.31. The maximum absolute atomic E-state index is 10.9. The maximum Gasteiger partial charge on any atom is 0.320 e. The van der Waals surface area contributed by atoms with Crippen LogP contribution in [0.15, 0.2) is 78.9 Å². The van der Waals surface area contributed by atoms with E-state index in [2.05, 4.69) is 53.4 Å². The number of carbonyl (C=O) groups is 1. The minimum atomic E-state index is -0.976. The van der Waals surface area contributed by atoms with Gasteiger partial charge in [-0.25, -0.2) is 0 Å². The SMILES string of the molecule is NC(Cc1ccc(-c2ccc(CN3CCC(N)(c4ccccc4)CC3)cc2)cc1)C(=O)O. The van der Waals surface area contributed by atoms with Gasteiger partial charge in [0.25, 0.3) is 0 Å². The Morgan fingerprint density at radius 2 is 1.41 bits per heavy atom. The third kappa shape index (κ3) is 5.25. The van der Waals surface area contributed by atoms with Gasteiger partial charge in [-0.1, -0.05) is 78.9 Å². The predicted octanol–water partition coefficient (Wildman–Crippen LogP) is 3.76. The number of nitrogens with zero attached hydrogens (tertiary/aromatic N) is 1. The van der Waals surface area contributed by atoms with Crippen LogP contribution in [-0.2, 0) is 23.3 Å². The molecule has 166 valence electrons. The molecule has 5 nitrogen and oxygen atoms in total. The van der Waals surface area contributed by atoms with Gasteiger partial charge in [0.2, 0.25) is 0 Å². The lowest BCUT2D eigenvalue weighted by molar-refractivity contribution is -0.138. The van der Waals surface area contributed by atoms with Gasteiger partial charge in [0.1, 0.15) is 6.04 Å². The van der Waals surface area contributed by atoms with Crippen LogP contribution >= 0.6 is 0 Å². The Balaban J connectivity index is 1.33. The average molecular weight is 430 g/mol. The first kappa shape index (κ1) is 22.2. The Kier molecular flexibility index (Phi) is 6.70. The van der Waals surface area contributed by atoms with Gasteiger partial charge in [-0.2, -0.15) is 0 Å². The van der Waals surface area contributed by atoms with Crippen LogP contribution in [0.2, 0.25) is 0 Å². The van der Waals surface area contributed by atoms with E-state index in [1.54, 1.807) is 0 Å². The smallest absolute Gasteiger partial charge is 0.320 e. The first-order chi connectivity index (χ1) is 15.4. The molecule has 1 unspecified atom stereocenters. The van der Waals surface area contributed by atoms with Crippen molar-refractivity contribution in [1.82, 2.24) is 4.90 Å². The molecule has 32 heavy (non-hydrogen) atoms. The third-order valence-electron chi connectivity index (χ3n) is 6.52. The molecular weight excluding hydrogens is 398 g/mol. The average Bonchev–Trinajstić information content (AvgIpc) is 2.82. The van der Waals surface area contributed by atoms with E-state index in [9.17, 15) is 4.79 Å². The summed E-state index contributed by atoms with van der Waals surface area (Å²) in [5.41, 5.74) is 17.8. The summed E-state index contributed by atoms with van der Waals surface area (Å²) >= 11 is 0. The zero-order valence-electron chi connectivity index (χ0n) is 18.3. The van der Waals surface area contributed by atoms with Gasteiger partial charge in [-0.3, -0.25) is 9.69 Å². The number of carboxylic acid groups (broad SMARTS) is 1. The number of nitrogens with two attached hydrogens (primary N) is 2. The van der Waals surface area contributed by atoms with Crippen LogP contribution in [0.5, 0.6) is 0 Å². The van der Waals surface area contributed by atoms with Crippen LogP contribution in [0.25, 0.3) is 11.1 Å². The molecule has 1 fully saturated rings. The summed E-state index contributed by atoms with van der Waals surface area (Å²) in [6.45, 7) is 2.91. The van der Waals surface area contributed by atoms with Crippen molar-refractivity contribution in [2.24, 2.45) is 11.5 Å². The number of rotatable bonds is 7. The molecule has 0 aliphatic carbocycles. The maximum atomic E-state index is 10.9. The minimum Gasteiger partial charge on any atom is -0.480 e. The van der Waals surface area contributed by atoms with Gasteiger partial charge >= 0.3 is 5.97 Å². The van der Waals surface area contributed by atoms with Gasteiger partial charge < -0.3 is 16.6 Å². The second-order valence-corrected chi connectivity index (χ2v) is 8.84. The largest absolute Gasteiger partial charge is 0.480 e. The fourth-order valence-electron chi connectivity index (χ4n) is 4.40. The molecule has 0 spiro atoms. The van der Waals surface area contributed by atoms with Crippen LogP contribution < -0.4 is 11.5 Å². The van der Waals surface area contributed by atoms with Crippen LogP contribution in [0.4, 0.5) is 0 Å². The highest BCUT2D eigenvalue weighted by Gasteiger charge is 2.32. The summed E-state index contributed by atoms with van der Waals surface area (Å²) in [6.07, 6.45) is 2.26. The van der Waals surface area contributed by atoms with E-state index in [-0.39, 0.29) is 5.54 Å². The van der Waals surface area contributed by atoms with Crippen molar-refractivity contribution in [3.05, 3.63) is 95.6 Å². The Bertz CT molecular complexity index is 1020. The highest BCUT2D eigenvalue weighted by atomic mass is 16.4. The second-order valence-electron chi connectivity index (χ2n) is 8.84. The fraction of sp³-hybridized carbons (Fsp3) is 0.296. The van der Waals surface area contributed by atoms with Crippen molar-refractivity contribution in [2.45, 2.75) is 37.4 Å². The minimum absolute atomic E-state index is 0.220. The summed E-state index contributed by atoms with van der Waals surface area (Å²) in [6, 6.07) is 26.2. The number of hydrogen-bond acceptors (Lipinski definition) is 4. The molecule has 0 radical (unpaired) electrons. The lowest BCUT2D eigenvalue weighted by atomic mass is 9.82. The summed E-state index contributed by atoms with van der Waals surface area (Å²) < 4.78 is 0. The van der Waals surface area contributed by atoms with Gasteiger partial charge in [0, 0.05) is 25.2 Å². The number of piperidine rings is 1. The van der Waals surface area contributed by atoms with E-state index in [0.717, 1.165) is 49.2 Å². The first-order valence-electron chi connectivity index (χ1n) is 11.2. The monoisotopic (exact) mass is 429 g/mol. The molecule has 1 atom stereocenters. The van der Waals surface area contributed by atoms with Crippen molar-refractivity contribution < 1.29 is 9.90 Å². The molecule has 0 bridgehead atoms. The molecule has 5 N–H and O–H groups in total. The molecule has 0 aromatic heterocycles. The van der Waals surface area contributed by atoms with E-state index in [1.807, 2.05) is 30.3 Å². The molecule has 3 aromatic carbocycles. The molecule has 3 aromatic rings. The lowest BCUT2D eigenvalue weighted by Crippen LogP contribution is -2.47. The molecule has 5 heteroatoms. The number of benzene rings is 3. The van der Waals surface area contributed by atoms with Crippen molar-refractivity contribution >= 4 is 5.97 Å². The van der Waals surface area contributed by atoms with Crippen molar-refractivity contribution in [3.8, 4) is 11.1 Å². The fourth-order valence-corrected chi connectivity index (χ4v) is 4.40. The van der Waals surface area contributed by atoms with Crippen LogP contribution in [-0.4, -0.2) is 35.1 Å². The Hall–Kier alpha value is -2.99. The Labute approximate surface area is 189 Å². The molecular formula is C27H31N3O2. The summed E-state index contributed by atoms with van der Waals surface area (Å²) in [5, 5.41) is 8.96. The van der Waals surface area contributed by atoms with E-state index in [0.29, 0.717) is 6.42 Å². The Morgan fingerprint density at radius 3 is 1.94 bits per heavy atom. The second kappa shape index (κ2) is 9.65. The summed E-state index contributed by atoms with van der Waals surface area (Å²) in [5.74, 6) is -0.976. The van der Waals surface area contributed by atoms with E-state index < -0.39 is 12.0 Å². The number of likely N-dealkylation sites (tertiary alicyclic amines) is 1. The molecule has 0 saturated carbocycles. The Morgan fingerprint density at radius 1 is 0.875 bits per heavy atom. The molecule has 1 aliphatic heterocycles. The van der Waals surface area contributed by atoms with Crippen molar-refractivity contribution in [1.29, 1.82) is 0 Å². The highest BCUT2D eigenvalue weighted by molar-refractivity contribution is 5.73. The van der Waals surface area contributed by atoms with Gasteiger partial charge in [-0.05, 0) is 47.1 Å². The van der Waals surface area contributed by atoms with Crippen LogP contribution in [0, 0.1) is 0 Å². The third-order valence-corrected chi connectivity index (χ3v) is 6.52. The van der Waals surface area contributed by atoms with Gasteiger partial charge in [0.15, 0.2) is 0 Å². The molecule has 4 rings (SSSR count). The summed E-state index contributed by atoms with van der Waals surface area (Å²) in [7, 11) is 0. The van der Waals surface area contributed by atoms with E-state index in [1.165, 1.54) is 11.1 Å². The van der Waals surface area contributed by atoms with E-state index >= 15 is 0 Å². The predicted molar refractivity (Wildman–Crippen MR) is 128 cm³/mol. The van der Waals surface area contributed by atoms with Crippen LogP contribution in [0.3, 0.4) is 0 Å². The standard InChI is InChI=1S/C27H31N3O2/c28-25(26(31)32)18-20-6-10-22(11-7-20)23-12-8-21(9-13-23)19-30-16-14-27(29,15-17-30)24-4-2-1-3-5-24/h1-13,25H,14-19,28-29H2,(H,31,32). The van der Waals surface area contributed by atoms with Gasteiger partial charge in [0.05, 0.1) is 0 Å². The zero-order chi connectivity index (χ0) is 22.6. The molecule has 0 amide bonds. The van der Waals surface area contributed by atoms with Gasteiger partial charge in [-0.15, -0.1) is 0 Å². The first-order valence-corrected chi connectivity index (χ1v) is 11.2. The number of aliphatic carboxylic acids is 1. The number of hydrogen-bond donors (Lipinski definition) is 3. The topological polar surface area (TPSA) is 92.6 Å². The normalized spacial score (nSPS) is 17.1. The molecule has 1 saturated heterocycles. The lowest BCUT2D eigenvalue weighted by Gasteiger charge is -2.39. The van der Waals surface area contributed by atoms with E-state index in [4.69, 9.17) is 16.6 Å². The summed E-state index contributed by atoms with van der Waals surface area (Å²) in [4.78, 5) is 13.4.